The minimum atomic E-state index is -0.717. The molecular weight excluding hydrogens is 269 g/mol. The van der Waals surface area contributed by atoms with E-state index < -0.39 is 5.38 Å². The third-order valence-electron chi connectivity index (χ3n) is 2.41. The van der Waals surface area contributed by atoms with Crippen LogP contribution in [0.5, 0.6) is 0 Å². The van der Waals surface area contributed by atoms with Crippen LogP contribution in [0.25, 0.3) is 0 Å². The number of alkyl halides is 1. The summed E-state index contributed by atoms with van der Waals surface area (Å²) in [5.41, 5.74) is 1.40. The van der Waals surface area contributed by atoms with Crippen molar-refractivity contribution >= 4 is 34.8 Å². The van der Waals surface area contributed by atoms with Gasteiger partial charge in [-0.1, -0.05) is 48.0 Å². The van der Waals surface area contributed by atoms with Gasteiger partial charge in [-0.2, -0.15) is 0 Å². The Morgan fingerprint density at radius 2 is 1.78 bits per heavy atom. The smallest absolute Gasteiger partial charge is 0.246 e. The summed E-state index contributed by atoms with van der Waals surface area (Å²) in [6.07, 6.45) is 0. The molecule has 0 saturated carbocycles. The van der Waals surface area contributed by atoms with Crippen molar-refractivity contribution in [1.82, 2.24) is 0 Å². The van der Waals surface area contributed by atoms with Gasteiger partial charge < -0.3 is 5.32 Å². The summed E-state index contributed by atoms with van der Waals surface area (Å²) in [6, 6.07) is 16.1. The minimum absolute atomic E-state index is 0.273. The molecule has 0 radical (unpaired) electrons. The van der Waals surface area contributed by atoms with Crippen LogP contribution in [0.1, 0.15) is 10.9 Å². The largest absolute Gasteiger partial charge is 0.324 e. The first-order valence-electron chi connectivity index (χ1n) is 5.42. The lowest BCUT2D eigenvalue weighted by Gasteiger charge is -2.10. The standard InChI is InChI=1S/C14H11Cl2NO/c15-11-7-4-8-12(9-11)17-14(18)13(16)10-5-2-1-3-6-10/h1-9,13H,(H,17,18)/t13-/m1/s1. The maximum atomic E-state index is 11.9. The third kappa shape index (κ3) is 3.25. The number of anilines is 1. The van der Waals surface area contributed by atoms with Crippen molar-refractivity contribution in [3.8, 4) is 0 Å². The second kappa shape index (κ2) is 5.89. The van der Waals surface area contributed by atoms with Crippen molar-refractivity contribution in [3.63, 3.8) is 0 Å². The first-order valence-corrected chi connectivity index (χ1v) is 6.24. The van der Waals surface area contributed by atoms with E-state index in [-0.39, 0.29) is 5.91 Å². The maximum absolute atomic E-state index is 11.9. The third-order valence-corrected chi connectivity index (χ3v) is 3.10. The fourth-order valence-electron chi connectivity index (χ4n) is 1.55. The van der Waals surface area contributed by atoms with Gasteiger partial charge in [-0.3, -0.25) is 4.79 Å². The lowest BCUT2D eigenvalue weighted by atomic mass is 10.1. The Bertz CT molecular complexity index is 543. The number of hydrogen-bond acceptors (Lipinski definition) is 1. The predicted molar refractivity (Wildman–Crippen MR) is 75.1 cm³/mol. The first kappa shape index (κ1) is 12.9. The Labute approximate surface area is 116 Å². The second-order valence-corrected chi connectivity index (χ2v) is 4.65. The highest BCUT2D eigenvalue weighted by Crippen LogP contribution is 2.23. The molecule has 0 unspecified atom stereocenters. The zero-order valence-corrected chi connectivity index (χ0v) is 10.9. The van der Waals surface area contributed by atoms with E-state index in [0.29, 0.717) is 10.7 Å². The van der Waals surface area contributed by atoms with E-state index in [4.69, 9.17) is 23.2 Å². The number of benzene rings is 2. The molecule has 4 heteroatoms. The Balaban J connectivity index is 2.09. The van der Waals surface area contributed by atoms with Crippen LogP contribution in [-0.4, -0.2) is 5.91 Å². The van der Waals surface area contributed by atoms with Crippen molar-refractivity contribution in [2.45, 2.75) is 5.38 Å². The fourth-order valence-corrected chi connectivity index (χ4v) is 1.94. The molecule has 0 aliphatic heterocycles. The van der Waals surface area contributed by atoms with Crippen LogP contribution in [0, 0.1) is 0 Å². The highest BCUT2D eigenvalue weighted by Gasteiger charge is 2.17. The molecule has 1 amide bonds. The molecule has 0 saturated heterocycles. The van der Waals surface area contributed by atoms with Gasteiger partial charge in [0.2, 0.25) is 5.91 Å². The number of hydrogen-bond donors (Lipinski definition) is 1. The lowest BCUT2D eigenvalue weighted by Crippen LogP contribution is -2.17. The molecule has 0 aliphatic rings. The van der Waals surface area contributed by atoms with Gasteiger partial charge in [0.05, 0.1) is 0 Å². The molecule has 2 aromatic carbocycles. The van der Waals surface area contributed by atoms with Crippen molar-refractivity contribution in [1.29, 1.82) is 0 Å². The van der Waals surface area contributed by atoms with Crippen LogP contribution >= 0.6 is 23.2 Å². The quantitative estimate of drug-likeness (QED) is 0.836. The SMILES string of the molecule is O=C(Nc1cccc(Cl)c1)[C@H](Cl)c1ccccc1. The number of carbonyl (C=O) groups excluding carboxylic acids is 1. The highest BCUT2D eigenvalue weighted by molar-refractivity contribution is 6.33. The van der Waals surface area contributed by atoms with Gasteiger partial charge in [0.25, 0.3) is 0 Å². The van der Waals surface area contributed by atoms with Crippen LogP contribution in [0.2, 0.25) is 5.02 Å². The second-order valence-electron chi connectivity index (χ2n) is 3.77. The van der Waals surface area contributed by atoms with Gasteiger partial charge in [0.1, 0.15) is 5.38 Å². The van der Waals surface area contributed by atoms with Crippen molar-refractivity contribution in [2.75, 3.05) is 5.32 Å². The molecule has 0 spiro atoms. The normalized spacial score (nSPS) is 11.9. The summed E-state index contributed by atoms with van der Waals surface area (Å²) < 4.78 is 0. The van der Waals surface area contributed by atoms with Crippen LogP contribution in [-0.2, 0) is 4.79 Å². The van der Waals surface area contributed by atoms with E-state index >= 15 is 0 Å². The fraction of sp³-hybridized carbons (Fsp3) is 0.0714. The monoisotopic (exact) mass is 279 g/mol. The average Bonchev–Trinajstić information content (AvgIpc) is 2.39. The Hall–Kier alpha value is -1.51. The molecule has 2 aromatic rings. The van der Waals surface area contributed by atoms with E-state index in [1.807, 2.05) is 30.3 Å². The summed E-state index contributed by atoms with van der Waals surface area (Å²) in [7, 11) is 0. The molecule has 18 heavy (non-hydrogen) atoms. The maximum Gasteiger partial charge on any atom is 0.246 e. The number of nitrogens with one attached hydrogen (secondary N) is 1. The molecule has 2 nitrogen and oxygen atoms in total. The summed E-state index contributed by atoms with van der Waals surface area (Å²) in [5, 5.41) is 2.58. The van der Waals surface area contributed by atoms with Crippen molar-refractivity contribution < 1.29 is 4.79 Å². The van der Waals surface area contributed by atoms with Gasteiger partial charge in [0, 0.05) is 10.7 Å². The molecule has 0 heterocycles. The van der Waals surface area contributed by atoms with Crippen LogP contribution in [0.3, 0.4) is 0 Å². The summed E-state index contributed by atoms with van der Waals surface area (Å²) in [4.78, 5) is 11.9. The van der Waals surface area contributed by atoms with Gasteiger partial charge in [-0.05, 0) is 23.8 Å². The zero-order chi connectivity index (χ0) is 13.0. The summed E-state index contributed by atoms with van der Waals surface area (Å²) in [6.45, 7) is 0. The minimum Gasteiger partial charge on any atom is -0.324 e. The van der Waals surface area contributed by atoms with E-state index in [1.165, 1.54) is 0 Å². The van der Waals surface area contributed by atoms with E-state index in [1.54, 1.807) is 24.3 Å². The summed E-state index contributed by atoms with van der Waals surface area (Å²) >= 11 is 11.9. The number of rotatable bonds is 3. The van der Waals surface area contributed by atoms with Crippen molar-refractivity contribution in [3.05, 3.63) is 65.2 Å². The number of halogens is 2. The van der Waals surface area contributed by atoms with E-state index in [0.717, 1.165) is 5.56 Å². The van der Waals surface area contributed by atoms with Gasteiger partial charge in [-0.25, -0.2) is 0 Å². The predicted octanol–water partition coefficient (Wildman–Crippen LogP) is 4.26. The number of carbonyl (C=O) groups is 1. The van der Waals surface area contributed by atoms with Crippen LogP contribution < -0.4 is 5.32 Å². The molecule has 1 atom stereocenters. The van der Waals surface area contributed by atoms with Crippen LogP contribution in [0.4, 0.5) is 5.69 Å². The molecule has 1 N–H and O–H groups in total. The van der Waals surface area contributed by atoms with Gasteiger partial charge >= 0.3 is 0 Å². The van der Waals surface area contributed by atoms with Gasteiger partial charge in [0.15, 0.2) is 0 Å². The Kier molecular flexibility index (Phi) is 4.24. The topological polar surface area (TPSA) is 29.1 Å². The number of amides is 1. The molecule has 2 rings (SSSR count). The molecular formula is C14H11Cl2NO. The average molecular weight is 280 g/mol. The van der Waals surface area contributed by atoms with E-state index in [2.05, 4.69) is 5.32 Å². The highest BCUT2D eigenvalue weighted by atomic mass is 35.5. The first-order chi connectivity index (χ1) is 8.66. The van der Waals surface area contributed by atoms with E-state index in [9.17, 15) is 4.79 Å². The molecule has 0 aromatic heterocycles. The molecule has 0 fully saturated rings. The molecule has 92 valence electrons. The lowest BCUT2D eigenvalue weighted by molar-refractivity contribution is -0.116. The molecule has 0 bridgehead atoms. The summed E-state index contributed by atoms with van der Waals surface area (Å²) in [5.74, 6) is -0.273. The molecule has 0 aliphatic carbocycles. The Morgan fingerprint density at radius 3 is 2.44 bits per heavy atom. The van der Waals surface area contributed by atoms with Crippen molar-refractivity contribution in [2.24, 2.45) is 0 Å². The van der Waals surface area contributed by atoms with Crippen LogP contribution in [0.15, 0.2) is 54.6 Å². The van der Waals surface area contributed by atoms with Gasteiger partial charge in [-0.15, -0.1) is 11.6 Å². The zero-order valence-electron chi connectivity index (χ0n) is 9.44. The Morgan fingerprint density at radius 1 is 1.06 bits per heavy atom.